The van der Waals surface area contributed by atoms with Crippen molar-refractivity contribution >= 4 is 0 Å². The van der Waals surface area contributed by atoms with E-state index in [2.05, 4.69) is 5.32 Å². The third kappa shape index (κ3) is 3.76. The molecule has 0 heterocycles. The monoisotopic (exact) mass is 295 g/mol. The van der Waals surface area contributed by atoms with Crippen LogP contribution in [0.2, 0.25) is 0 Å². The van der Waals surface area contributed by atoms with E-state index in [9.17, 15) is 13.2 Å². The Bertz CT molecular complexity index is 631. The van der Waals surface area contributed by atoms with E-state index in [1.807, 2.05) is 13.8 Å². The summed E-state index contributed by atoms with van der Waals surface area (Å²) >= 11 is 0. The van der Waals surface area contributed by atoms with Gasteiger partial charge in [-0.05, 0) is 43.8 Å². The second-order valence-corrected chi connectivity index (χ2v) is 4.64. The first-order valence-corrected chi connectivity index (χ1v) is 6.67. The molecule has 1 unspecified atom stereocenters. The fourth-order valence-electron chi connectivity index (χ4n) is 2.04. The largest absolute Gasteiger partial charge is 0.454 e. The summed E-state index contributed by atoms with van der Waals surface area (Å²) in [5.74, 6) is -1.66. The zero-order valence-electron chi connectivity index (χ0n) is 11.8. The Labute approximate surface area is 121 Å². The summed E-state index contributed by atoms with van der Waals surface area (Å²) in [6.45, 7) is 4.48. The molecule has 0 radical (unpaired) electrons. The van der Waals surface area contributed by atoms with Gasteiger partial charge in [0.05, 0.1) is 0 Å². The second kappa shape index (κ2) is 6.63. The van der Waals surface area contributed by atoms with Crippen LogP contribution in [0.3, 0.4) is 0 Å². The van der Waals surface area contributed by atoms with Crippen LogP contribution in [0.4, 0.5) is 13.2 Å². The predicted octanol–water partition coefficient (Wildman–Crippen LogP) is 4.57. The highest BCUT2D eigenvalue weighted by Gasteiger charge is 2.14. The summed E-state index contributed by atoms with van der Waals surface area (Å²) in [7, 11) is 0. The maximum absolute atomic E-state index is 13.6. The van der Waals surface area contributed by atoms with Gasteiger partial charge in [-0.3, -0.25) is 0 Å². The van der Waals surface area contributed by atoms with Crippen LogP contribution in [0, 0.1) is 17.5 Å². The Morgan fingerprint density at radius 1 is 1.00 bits per heavy atom. The van der Waals surface area contributed by atoms with E-state index >= 15 is 0 Å². The molecule has 0 saturated carbocycles. The van der Waals surface area contributed by atoms with E-state index in [0.29, 0.717) is 17.9 Å². The van der Waals surface area contributed by atoms with Crippen LogP contribution in [0.15, 0.2) is 36.4 Å². The Hall–Kier alpha value is -2.01. The summed E-state index contributed by atoms with van der Waals surface area (Å²) in [4.78, 5) is 0. The van der Waals surface area contributed by atoms with E-state index in [-0.39, 0.29) is 11.8 Å². The average Bonchev–Trinajstić information content (AvgIpc) is 2.43. The van der Waals surface area contributed by atoms with Gasteiger partial charge < -0.3 is 10.1 Å². The Balaban J connectivity index is 2.34. The molecule has 2 rings (SSSR count). The van der Waals surface area contributed by atoms with Crippen LogP contribution in [-0.2, 0) is 0 Å². The normalized spacial score (nSPS) is 12.2. The molecular weight excluding hydrogens is 279 g/mol. The molecule has 2 aromatic rings. The zero-order valence-corrected chi connectivity index (χ0v) is 11.8. The maximum atomic E-state index is 13.6. The highest BCUT2D eigenvalue weighted by Crippen LogP contribution is 2.31. The first-order valence-electron chi connectivity index (χ1n) is 6.67. The van der Waals surface area contributed by atoms with Gasteiger partial charge in [-0.25, -0.2) is 13.2 Å². The van der Waals surface area contributed by atoms with Crippen molar-refractivity contribution in [1.29, 1.82) is 0 Å². The minimum atomic E-state index is -0.804. The van der Waals surface area contributed by atoms with Gasteiger partial charge in [0.15, 0.2) is 11.6 Å². The summed E-state index contributed by atoms with van der Waals surface area (Å²) < 4.78 is 45.4. The Kier molecular flexibility index (Phi) is 4.85. The molecular formula is C16H16F3NO. The molecule has 0 bridgehead atoms. The number of rotatable bonds is 5. The van der Waals surface area contributed by atoms with Gasteiger partial charge in [0.1, 0.15) is 17.4 Å². The van der Waals surface area contributed by atoms with E-state index in [1.165, 1.54) is 24.3 Å². The highest BCUT2D eigenvalue weighted by atomic mass is 19.1. The smallest absolute Gasteiger partial charge is 0.168 e. The van der Waals surface area contributed by atoms with Gasteiger partial charge in [-0.2, -0.15) is 0 Å². The molecule has 0 aliphatic rings. The molecule has 1 atom stereocenters. The van der Waals surface area contributed by atoms with Gasteiger partial charge in [-0.15, -0.1) is 0 Å². The van der Waals surface area contributed by atoms with Crippen molar-refractivity contribution in [2.24, 2.45) is 0 Å². The third-order valence-electron chi connectivity index (χ3n) is 3.06. The fourth-order valence-corrected chi connectivity index (χ4v) is 2.04. The lowest BCUT2D eigenvalue weighted by molar-refractivity contribution is 0.424. The minimum Gasteiger partial charge on any atom is -0.454 e. The summed E-state index contributed by atoms with van der Waals surface area (Å²) in [5, 5.41) is 3.14. The summed E-state index contributed by atoms with van der Waals surface area (Å²) in [6.07, 6.45) is 0. The molecule has 0 saturated heterocycles. The number of benzene rings is 2. The van der Waals surface area contributed by atoms with Gasteiger partial charge in [0.2, 0.25) is 0 Å². The van der Waals surface area contributed by atoms with Crippen LogP contribution in [0.5, 0.6) is 11.5 Å². The highest BCUT2D eigenvalue weighted by molar-refractivity contribution is 5.40. The summed E-state index contributed by atoms with van der Waals surface area (Å²) in [6, 6.07) is 6.89. The molecule has 0 aromatic heterocycles. The molecule has 112 valence electrons. The van der Waals surface area contributed by atoms with Crippen molar-refractivity contribution in [3.05, 3.63) is 59.4 Å². The number of hydrogen-bond acceptors (Lipinski definition) is 2. The van der Waals surface area contributed by atoms with Crippen molar-refractivity contribution in [2.75, 3.05) is 6.54 Å². The van der Waals surface area contributed by atoms with Crippen LogP contribution >= 0.6 is 0 Å². The molecule has 1 N–H and O–H groups in total. The zero-order chi connectivity index (χ0) is 15.4. The molecule has 21 heavy (non-hydrogen) atoms. The lowest BCUT2D eigenvalue weighted by Gasteiger charge is -2.18. The molecule has 5 heteroatoms. The van der Waals surface area contributed by atoms with Crippen LogP contribution in [-0.4, -0.2) is 6.54 Å². The third-order valence-corrected chi connectivity index (χ3v) is 3.06. The first kappa shape index (κ1) is 15.4. The topological polar surface area (TPSA) is 21.3 Å². The SMILES string of the molecule is CCNC(C)c1cc(F)ccc1Oc1ccc(F)cc1F. The predicted molar refractivity (Wildman–Crippen MR) is 74.9 cm³/mol. The average molecular weight is 295 g/mol. The van der Waals surface area contributed by atoms with E-state index in [0.717, 1.165) is 12.1 Å². The first-order chi connectivity index (χ1) is 10.0. The maximum Gasteiger partial charge on any atom is 0.168 e. The number of nitrogens with one attached hydrogen (secondary N) is 1. The summed E-state index contributed by atoms with van der Waals surface area (Å²) in [5.41, 5.74) is 0.570. The van der Waals surface area contributed by atoms with Crippen molar-refractivity contribution in [1.82, 2.24) is 5.32 Å². The molecule has 0 aliphatic carbocycles. The number of halogens is 3. The minimum absolute atomic E-state index is 0.104. The Morgan fingerprint density at radius 3 is 2.24 bits per heavy atom. The van der Waals surface area contributed by atoms with Crippen molar-refractivity contribution in [3.63, 3.8) is 0 Å². The lowest BCUT2D eigenvalue weighted by atomic mass is 10.1. The van der Waals surface area contributed by atoms with Gasteiger partial charge in [0.25, 0.3) is 0 Å². The Morgan fingerprint density at radius 2 is 1.62 bits per heavy atom. The molecule has 0 amide bonds. The van der Waals surface area contributed by atoms with Crippen LogP contribution in [0.1, 0.15) is 25.5 Å². The lowest BCUT2D eigenvalue weighted by Crippen LogP contribution is -2.18. The van der Waals surface area contributed by atoms with E-state index < -0.39 is 17.5 Å². The molecule has 2 nitrogen and oxygen atoms in total. The number of hydrogen-bond donors (Lipinski definition) is 1. The van der Waals surface area contributed by atoms with Gasteiger partial charge >= 0.3 is 0 Å². The van der Waals surface area contributed by atoms with E-state index in [4.69, 9.17) is 4.74 Å². The second-order valence-electron chi connectivity index (χ2n) is 4.64. The molecule has 0 spiro atoms. The van der Waals surface area contributed by atoms with Crippen LogP contribution in [0.25, 0.3) is 0 Å². The quantitative estimate of drug-likeness (QED) is 0.872. The van der Waals surface area contributed by atoms with Crippen molar-refractivity contribution in [3.8, 4) is 11.5 Å². The van der Waals surface area contributed by atoms with Crippen molar-refractivity contribution in [2.45, 2.75) is 19.9 Å². The fraction of sp³-hybridized carbons (Fsp3) is 0.250. The molecule has 2 aromatic carbocycles. The van der Waals surface area contributed by atoms with Gasteiger partial charge in [-0.1, -0.05) is 6.92 Å². The van der Waals surface area contributed by atoms with Gasteiger partial charge in [0, 0.05) is 17.7 Å². The van der Waals surface area contributed by atoms with Crippen molar-refractivity contribution < 1.29 is 17.9 Å². The molecule has 0 aliphatic heterocycles. The van der Waals surface area contributed by atoms with Crippen LogP contribution < -0.4 is 10.1 Å². The molecule has 0 fully saturated rings. The standard InChI is InChI=1S/C16H16F3NO/c1-3-20-10(2)13-8-11(17)4-6-15(13)21-16-7-5-12(18)9-14(16)19/h4-10,20H,3H2,1-2H3. The number of ether oxygens (including phenoxy) is 1. The van der Waals surface area contributed by atoms with E-state index in [1.54, 1.807) is 0 Å².